The number of carbonyl (C=O) groups excluding carboxylic acids is 1. The van der Waals surface area contributed by atoms with Gasteiger partial charge in [-0.15, -0.1) is 0 Å². The molecule has 0 saturated carbocycles. The molecule has 0 heterocycles. The summed E-state index contributed by atoms with van der Waals surface area (Å²) in [7, 11) is 0. The van der Waals surface area contributed by atoms with Gasteiger partial charge < -0.3 is 4.74 Å². The van der Waals surface area contributed by atoms with Gasteiger partial charge in [-0.2, -0.15) is 0 Å². The van der Waals surface area contributed by atoms with E-state index < -0.39 is 12.5 Å². The molecule has 2 nitrogen and oxygen atoms in total. The highest BCUT2D eigenvalue weighted by Crippen LogP contribution is 2.18. The van der Waals surface area contributed by atoms with Gasteiger partial charge in [0.2, 0.25) is 0 Å². The molecule has 1 aromatic rings. The number of ketones is 1. The van der Waals surface area contributed by atoms with Crippen molar-refractivity contribution in [1.29, 1.82) is 0 Å². The Balaban J connectivity index is 2.70. The molecule has 0 N–H and O–H groups in total. The number of ether oxygens (including phenoxy) is 1. The maximum Gasteiger partial charge on any atom is 0.165 e. The smallest absolute Gasteiger partial charge is 0.165 e. The van der Waals surface area contributed by atoms with Crippen LogP contribution in [0.1, 0.15) is 23.7 Å². The molecule has 0 aliphatic rings. The molecule has 0 aliphatic carbocycles. The fourth-order valence-electron chi connectivity index (χ4n) is 1.07. The van der Waals surface area contributed by atoms with Crippen LogP contribution < -0.4 is 4.74 Å². The van der Waals surface area contributed by atoms with Crippen LogP contribution in [-0.4, -0.2) is 19.1 Å². The minimum atomic E-state index is -0.596. The molecule has 1 aromatic carbocycles. The molecular formula is C11H12F2O2. The van der Waals surface area contributed by atoms with Gasteiger partial charge in [-0.05, 0) is 25.1 Å². The Kier molecular flexibility index (Phi) is 4.21. The van der Waals surface area contributed by atoms with Crippen LogP contribution in [0.25, 0.3) is 0 Å². The minimum absolute atomic E-state index is 0.0495. The van der Waals surface area contributed by atoms with Crippen molar-refractivity contribution in [2.75, 3.05) is 13.3 Å². The lowest BCUT2D eigenvalue weighted by Gasteiger charge is -2.06. The van der Waals surface area contributed by atoms with Crippen LogP contribution in [0.3, 0.4) is 0 Å². The van der Waals surface area contributed by atoms with Crippen molar-refractivity contribution in [1.82, 2.24) is 0 Å². The van der Waals surface area contributed by atoms with Gasteiger partial charge in [0, 0.05) is 12.0 Å². The fraction of sp³-hybridized carbons (Fsp3) is 0.364. The molecular weight excluding hydrogens is 202 g/mol. The molecule has 0 atom stereocenters. The molecule has 0 radical (unpaired) electrons. The van der Waals surface area contributed by atoms with Crippen molar-refractivity contribution in [2.24, 2.45) is 0 Å². The Morgan fingerprint density at radius 1 is 1.47 bits per heavy atom. The van der Waals surface area contributed by atoms with Gasteiger partial charge in [0.15, 0.2) is 17.3 Å². The quantitative estimate of drug-likeness (QED) is 0.556. The third-order valence-corrected chi connectivity index (χ3v) is 1.87. The van der Waals surface area contributed by atoms with Crippen molar-refractivity contribution < 1.29 is 18.3 Å². The number of Topliss-reactive ketones (excluding diaryl/α,β-unsaturated/α-hetero) is 1. The monoisotopic (exact) mass is 214 g/mol. The first-order valence-electron chi connectivity index (χ1n) is 4.64. The van der Waals surface area contributed by atoms with Gasteiger partial charge in [-0.1, -0.05) is 0 Å². The summed E-state index contributed by atoms with van der Waals surface area (Å²) in [5.74, 6) is -0.751. The van der Waals surface area contributed by atoms with E-state index in [1.807, 2.05) is 0 Å². The van der Waals surface area contributed by atoms with Gasteiger partial charge in [0.05, 0.1) is 13.3 Å². The van der Waals surface area contributed by atoms with Gasteiger partial charge in [-0.3, -0.25) is 9.18 Å². The lowest BCUT2D eigenvalue weighted by atomic mass is 10.1. The Bertz CT molecular complexity index is 350. The average molecular weight is 214 g/mol. The lowest BCUT2D eigenvalue weighted by molar-refractivity contribution is 0.101. The average Bonchev–Trinajstić information content (AvgIpc) is 2.20. The molecule has 1 rings (SSSR count). The van der Waals surface area contributed by atoms with E-state index in [0.717, 1.165) is 6.07 Å². The Morgan fingerprint density at radius 3 is 2.73 bits per heavy atom. The number of rotatable bonds is 5. The largest absolute Gasteiger partial charge is 0.490 e. The second kappa shape index (κ2) is 5.44. The summed E-state index contributed by atoms with van der Waals surface area (Å²) in [6.45, 7) is 0.998. The Labute approximate surface area is 86.9 Å². The zero-order valence-electron chi connectivity index (χ0n) is 8.43. The van der Waals surface area contributed by atoms with Gasteiger partial charge >= 0.3 is 0 Å². The SMILES string of the molecule is CC(=O)c1ccc(OCCCF)c(F)c1. The van der Waals surface area contributed by atoms with Gasteiger partial charge in [0.25, 0.3) is 0 Å². The summed E-state index contributed by atoms with van der Waals surface area (Å²) < 4.78 is 30.0. The van der Waals surface area contributed by atoms with Gasteiger partial charge in [0.1, 0.15) is 0 Å². The third-order valence-electron chi connectivity index (χ3n) is 1.87. The van der Waals surface area contributed by atoms with Crippen molar-refractivity contribution in [3.63, 3.8) is 0 Å². The van der Waals surface area contributed by atoms with E-state index in [1.54, 1.807) is 0 Å². The molecule has 0 spiro atoms. The summed E-state index contributed by atoms with van der Waals surface area (Å²) in [6, 6.07) is 3.98. The van der Waals surface area contributed by atoms with Crippen LogP contribution in [-0.2, 0) is 0 Å². The summed E-state index contributed by atoms with van der Waals surface area (Å²) in [4.78, 5) is 10.9. The third kappa shape index (κ3) is 3.31. The standard InChI is InChI=1S/C11H12F2O2/c1-8(14)9-3-4-11(10(13)7-9)15-6-2-5-12/h3-4,7H,2,5-6H2,1H3. The molecule has 15 heavy (non-hydrogen) atoms. The first-order chi connectivity index (χ1) is 7.15. The molecule has 0 bridgehead atoms. The number of carbonyl (C=O) groups is 1. The topological polar surface area (TPSA) is 26.3 Å². The molecule has 4 heteroatoms. The number of hydrogen-bond acceptors (Lipinski definition) is 2. The first kappa shape index (κ1) is 11.6. The van der Waals surface area contributed by atoms with Crippen molar-refractivity contribution in [3.8, 4) is 5.75 Å². The highest BCUT2D eigenvalue weighted by atomic mass is 19.1. The van der Waals surface area contributed by atoms with Crippen LogP contribution in [0.5, 0.6) is 5.75 Å². The number of halogens is 2. The zero-order chi connectivity index (χ0) is 11.3. The normalized spacial score (nSPS) is 10.1. The maximum absolute atomic E-state index is 13.3. The fourth-order valence-corrected chi connectivity index (χ4v) is 1.07. The van der Waals surface area contributed by atoms with E-state index in [-0.39, 0.29) is 24.6 Å². The van der Waals surface area contributed by atoms with E-state index in [0.29, 0.717) is 5.56 Å². The molecule has 0 amide bonds. The number of benzene rings is 1. The van der Waals surface area contributed by atoms with E-state index >= 15 is 0 Å². The summed E-state index contributed by atoms with van der Waals surface area (Å²) in [5, 5.41) is 0. The van der Waals surface area contributed by atoms with Gasteiger partial charge in [-0.25, -0.2) is 4.39 Å². The second-order valence-corrected chi connectivity index (χ2v) is 3.09. The Hall–Kier alpha value is -1.45. The predicted molar refractivity (Wildman–Crippen MR) is 52.5 cm³/mol. The van der Waals surface area contributed by atoms with Crippen molar-refractivity contribution >= 4 is 5.78 Å². The maximum atomic E-state index is 13.3. The van der Waals surface area contributed by atoms with Crippen molar-refractivity contribution in [2.45, 2.75) is 13.3 Å². The van der Waals surface area contributed by atoms with Crippen LogP contribution in [0, 0.1) is 5.82 Å². The lowest BCUT2D eigenvalue weighted by Crippen LogP contribution is -2.01. The second-order valence-electron chi connectivity index (χ2n) is 3.09. The molecule has 0 fully saturated rings. The highest BCUT2D eigenvalue weighted by Gasteiger charge is 2.06. The van der Waals surface area contributed by atoms with E-state index in [9.17, 15) is 13.6 Å². The number of alkyl halides is 1. The molecule has 0 saturated heterocycles. The molecule has 0 aliphatic heterocycles. The molecule has 0 aromatic heterocycles. The first-order valence-corrected chi connectivity index (χ1v) is 4.64. The highest BCUT2D eigenvalue weighted by molar-refractivity contribution is 5.94. The summed E-state index contributed by atoms with van der Waals surface area (Å²) in [6.07, 6.45) is 0.230. The molecule has 0 unspecified atom stereocenters. The summed E-state index contributed by atoms with van der Waals surface area (Å²) in [5.41, 5.74) is 0.297. The number of hydrogen-bond donors (Lipinski definition) is 0. The molecule has 82 valence electrons. The van der Waals surface area contributed by atoms with Crippen LogP contribution in [0.15, 0.2) is 18.2 Å². The van der Waals surface area contributed by atoms with E-state index in [2.05, 4.69) is 0 Å². The predicted octanol–water partition coefficient (Wildman–Crippen LogP) is 2.77. The van der Waals surface area contributed by atoms with Crippen LogP contribution >= 0.6 is 0 Å². The summed E-state index contributed by atoms with van der Waals surface area (Å²) >= 11 is 0. The minimum Gasteiger partial charge on any atom is -0.490 e. The van der Waals surface area contributed by atoms with Crippen LogP contribution in [0.4, 0.5) is 8.78 Å². The zero-order valence-corrected chi connectivity index (χ0v) is 8.43. The van der Waals surface area contributed by atoms with E-state index in [4.69, 9.17) is 4.74 Å². The van der Waals surface area contributed by atoms with Crippen LogP contribution in [0.2, 0.25) is 0 Å². The Morgan fingerprint density at radius 2 is 2.20 bits per heavy atom. The van der Waals surface area contributed by atoms with E-state index in [1.165, 1.54) is 19.1 Å². The van der Waals surface area contributed by atoms with Crippen molar-refractivity contribution in [3.05, 3.63) is 29.6 Å².